The molecular weight excluding hydrogens is 470 g/mol. The summed E-state index contributed by atoms with van der Waals surface area (Å²) in [7, 11) is -3.63. The van der Waals surface area contributed by atoms with Crippen molar-refractivity contribution in [2.75, 3.05) is 24.7 Å². The van der Waals surface area contributed by atoms with E-state index in [4.69, 9.17) is 11.6 Å². The van der Waals surface area contributed by atoms with Crippen LogP contribution in [0.15, 0.2) is 38.9 Å². The topological polar surface area (TPSA) is 79.4 Å². The lowest BCUT2D eigenvalue weighted by Gasteiger charge is -2.30. The van der Waals surface area contributed by atoms with Crippen molar-refractivity contribution in [3.63, 3.8) is 0 Å². The van der Waals surface area contributed by atoms with Crippen molar-refractivity contribution in [1.29, 1.82) is 0 Å². The molecule has 1 atom stereocenters. The summed E-state index contributed by atoms with van der Waals surface area (Å²) >= 11 is 10.1. The minimum absolute atomic E-state index is 0.164. The summed E-state index contributed by atoms with van der Waals surface area (Å²) in [6.45, 7) is 0.578. The van der Waals surface area contributed by atoms with Gasteiger partial charge in [-0.15, -0.1) is 22.7 Å². The van der Waals surface area contributed by atoms with Crippen LogP contribution in [0, 0.1) is 5.92 Å². The fraction of sp³-hybridized carbons (Fsp3) is 0.333. The minimum atomic E-state index is -3.63. The Morgan fingerprint density at radius 2 is 2.14 bits per heavy atom. The van der Waals surface area contributed by atoms with Crippen LogP contribution < -0.4 is 5.32 Å². The molecule has 29 heavy (non-hydrogen) atoms. The Kier molecular flexibility index (Phi) is 6.19. The van der Waals surface area contributed by atoms with Crippen molar-refractivity contribution in [3.8, 4) is 0 Å². The molecule has 2 aromatic heterocycles. The molecule has 1 amide bonds. The Labute approximate surface area is 186 Å². The Morgan fingerprint density at radius 3 is 2.86 bits per heavy atom. The molecule has 11 heteroatoms. The average molecular weight is 488 g/mol. The Morgan fingerprint density at radius 1 is 1.31 bits per heavy atom. The molecule has 0 aliphatic carbocycles. The summed E-state index contributed by atoms with van der Waals surface area (Å²) in [5, 5.41) is 2.94. The predicted octanol–water partition coefficient (Wildman–Crippen LogP) is 4.77. The number of nitrogens with zero attached hydrogens (tertiary/aromatic N) is 2. The van der Waals surface area contributed by atoms with E-state index in [2.05, 4.69) is 10.3 Å². The molecule has 0 radical (unpaired) electrons. The number of hydrogen-bond donors (Lipinski definition) is 1. The zero-order chi connectivity index (χ0) is 20.6. The van der Waals surface area contributed by atoms with E-state index in [-0.39, 0.29) is 16.7 Å². The summed E-state index contributed by atoms with van der Waals surface area (Å²) in [4.78, 5) is 17.3. The van der Waals surface area contributed by atoms with Crippen molar-refractivity contribution >= 4 is 77.9 Å². The number of piperidine rings is 1. The maximum absolute atomic E-state index is 12.8. The van der Waals surface area contributed by atoms with Crippen LogP contribution >= 0.6 is 46.0 Å². The highest BCUT2D eigenvalue weighted by Gasteiger charge is 2.34. The highest BCUT2D eigenvalue weighted by atomic mass is 35.5. The van der Waals surface area contributed by atoms with Crippen molar-refractivity contribution in [2.45, 2.75) is 21.4 Å². The standard InChI is InChI=1S/C18H18ClN3O3S4/c1-26-18-21-13-5-4-12(9-14(13)27-18)20-17(23)11-3-2-8-22(10-11)29(24,25)16-7-6-15(19)28-16/h4-7,9,11H,2-3,8,10H2,1H3,(H,20,23). The second-order valence-electron chi connectivity index (χ2n) is 6.62. The van der Waals surface area contributed by atoms with E-state index in [1.165, 1.54) is 10.4 Å². The molecule has 1 aliphatic rings. The first-order valence-corrected chi connectivity index (χ1v) is 13.6. The van der Waals surface area contributed by atoms with Crippen LogP contribution in [0.5, 0.6) is 0 Å². The van der Waals surface area contributed by atoms with Crippen molar-refractivity contribution in [2.24, 2.45) is 5.92 Å². The van der Waals surface area contributed by atoms with E-state index < -0.39 is 15.9 Å². The summed E-state index contributed by atoms with van der Waals surface area (Å²) in [6.07, 6.45) is 3.28. The molecule has 1 aromatic carbocycles. The van der Waals surface area contributed by atoms with Crippen LogP contribution in [0.2, 0.25) is 4.34 Å². The zero-order valence-corrected chi connectivity index (χ0v) is 19.4. The SMILES string of the molecule is CSc1nc2ccc(NC(=O)C3CCCN(S(=O)(=O)c4ccc(Cl)s4)C3)cc2s1. The van der Waals surface area contributed by atoms with E-state index in [0.717, 1.165) is 25.9 Å². The monoisotopic (exact) mass is 487 g/mol. The maximum atomic E-state index is 12.8. The molecule has 0 spiro atoms. The smallest absolute Gasteiger partial charge is 0.252 e. The fourth-order valence-corrected chi connectivity index (χ4v) is 7.94. The number of nitrogens with one attached hydrogen (secondary N) is 1. The van der Waals surface area contributed by atoms with Gasteiger partial charge in [-0.1, -0.05) is 23.4 Å². The molecule has 3 heterocycles. The summed E-state index contributed by atoms with van der Waals surface area (Å²) in [6, 6.07) is 8.72. The van der Waals surface area contributed by atoms with Crippen LogP contribution in [-0.2, 0) is 14.8 Å². The van der Waals surface area contributed by atoms with Crippen molar-refractivity contribution in [3.05, 3.63) is 34.7 Å². The summed E-state index contributed by atoms with van der Waals surface area (Å²) in [5.74, 6) is -0.559. The second-order valence-corrected chi connectivity index (χ2v) is 12.6. The molecule has 4 rings (SSSR count). The van der Waals surface area contributed by atoms with Crippen LogP contribution in [-0.4, -0.2) is 43.0 Å². The number of carbonyl (C=O) groups is 1. The molecule has 1 saturated heterocycles. The highest BCUT2D eigenvalue weighted by Crippen LogP contribution is 2.32. The number of halogens is 1. The number of rotatable bonds is 5. The van der Waals surface area contributed by atoms with Gasteiger partial charge in [0, 0.05) is 18.8 Å². The van der Waals surface area contributed by atoms with Gasteiger partial charge in [0.25, 0.3) is 10.0 Å². The van der Waals surface area contributed by atoms with Gasteiger partial charge in [-0.3, -0.25) is 4.79 Å². The molecule has 1 N–H and O–H groups in total. The molecule has 3 aromatic rings. The van der Waals surface area contributed by atoms with E-state index in [1.807, 2.05) is 24.5 Å². The third kappa shape index (κ3) is 4.47. The van der Waals surface area contributed by atoms with E-state index in [0.29, 0.717) is 29.4 Å². The zero-order valence-electron chi connectivity index (χ0n) is 15.4. The predicted molar refractivity (Wildman–Crippen MR) is 121 cm³/mol. The lowest BCUT2D eigenvalue weighted by Crippen LogP contribution is -2.43. The third-order valence-corrected chi connectivity index (χ3v) is 10.3. The fourth-order valence-electron chi connectivity index (χ4n) is 3.25. The molecule has 6 nitrogen and oxygen atoms in total. The van der Waals surface area contributed by atoms with Gasteiger partial charge in [-0.2, -0.15) is 4.31 Å². The molecular formula is C18H18ClN3O3S4. The van der Waals surface area contributed by atoms with Crippen LogP contribution in [0.25, 0.3) is 10.2 Å². The van der Waals surface area contributed by atoms with Crippen LogP contribution in [0.4, 0.5) is 5.69 Å². The number of amides is 1. The first kappa shape index (κ1) is 21.1. The molecule has 154 valence electrons. The maximum Gasteiger partial charge on any atom is 0.252 e. The van der Waals surface area contributed by atoms with Gasteiger partial charge < -0.3 is 5.32 Å². The third-order valence-electron chi connectivity index (χ3n) is 4.71. The van der Waals surface area contributed by atoms with Gasteiger partial charge in [0.1, 0.15) is 4.21 Å². The van der Waals surface area contributed by atoms with Gasteiger partial charge in [0.2, 0.25) is 5.91 Å². The van der Waals surface area contributed by atoms with E-state index in [1.54, 1.807) is 29.2 Å². The number of thiazole rings is 1. The quantitative estimate of drug-likeness (QED) is 0.524. The number of sulfonamides is 1. The number of thioether (sulfide) groups is 1. The van der Waals surface area contributed by atoms with Gasteiger partial charge >= 0.3 is 0 Å². The van der Waals surface area contributed by atoms with Gasteiger partial charge in [-0.25, -0.2) is 13.4 Å². The Hall–Kier alpha value is -1.17. The highest BCUT2D eigenvalue weighted by molar-refractivity contribution is 8.00. The molecule has 0 bridgehead atoms. The number of fused-ring (bicyclic) bond motifs is 1. The number of aromatic nitrogens is 1. The molecule has 1 unspecified atom stereocenters. The number of anilines is 1. The number of hydrogen-bond acceptors (Lipinski definition) is 7. The normalized spacial score (nSPS) is 18.2. The molecule has 1 aliphatic heterocycles. The van der Waals surface area contributed by atoms with Crippen LogP contribution in [0.1, 0.15) is 12.8 Å². The van der Waals surface area contributed by atoms with Gasteiger partial charge in [-0.05, 0) is 49.4 Å². The first-order valence-electron chi connectivity index (χ1n) is 8.88. The van der Waals surface area contributed by atoms with Gasteiger partial charge in [0.05, 0.1) is 20.5 Å². The van der Waals surface area contributed by atoms with Crippen LogP contribution in [0.3, 0.4) is 0 Å². The Bertz CT molecular complexity index is 1160. The summed E-state index contributed by atoms with van der Waals surface area (Å²) in [5.41, 5.74) is 1.60. The van der Waals surface area contributed by atoms with E-state index >= 15 is 0 Å². The Balaban J connectivity index is 1.47. The molecule has 1 fully saturated rings. The number of thiophene rings is 1. The second kappa shape index (κ2) is 8.52. The van der Waals surface area contributed by atoms with Crippen molar-refractivity contribution < 1.29 is 13.2 Å². The number of benzene rings is 1. The lowest BCUT2D eigenvalue weighted by atomic mass is 9.99. The summed E-state index contributed by atoms with van der Waals surface area (Å²) < 4.78 is 29.7. The average Bonchev–Trinajstić information content (AvgIpc) is 3.34. The largest absolute Gasteiger partial charge is 0.326 e. The first-order chi connectivity index (χ1) is 13.9. The van der Waals surface area contributed by atoms with Gasteiger partial charge in [0.15, 0.2) is 4.34 Å². The minimum Gasteiger partial charge on any atom is -0.326 e. The van der Waals surface area contributed by atoms with E-state index in [9.17, 15) is 13.2 Å². The van der Waals surface area contributed by atoms with Crippen molar-refractivity contribution in [1.82, 2.24) is 9.29 Å². The lowest BCUT2D eigenvalue weighted by molar-refractivity contribution is -0.120. The molecule has 0 saturated carbocycles. The number of carbonyl (C=O) groups excluding carboxylic acids is 1.